The first kappa shape index (κ1) is 43.6. The molecule has 0 aliphatic heterocycles. The van der Waals surface area contributed by atoms with Gasteiger partial charge in [0.1, 0.15) is 0 Å². The minimum Gasteiger partial charge on any atom is -0.184 e. The summed E-state index contributed by atoms with van der Waals surface area (Å²) in [4.78, 5) is 0. The number of allylic oxidation sites excluding steroid dienone is 4. The van der Waals surface area contributed by atoms with Gasteiger partial charge >= 0.3 is 28.4 Å². The molecule has 0 aromatic heterocycles. The molecule has 2 aliphatic carbocycles. The molecule has 0 fully saturated rings. The second-order valence-corrected chi connectivity index (χ2v) is 12.7. The van der Waals surface area contributed by atoms with Gasteiger partial charge < -0.3 is 6.92 Å². The Hall–Kier alpha value is -1.53. The summed E-state index contributed by atoms with van der Waals surface area (Å²) in [7, 11) is 0. The summed E-state index contributed by atoms with van der Waals surface area (Å²) < 4.78 is 3.34. The zero-order chi connectivity index (χ0) is 31.4. The van der Waals surface area contributed by atoms with Crippen molar-refractivity contribution in [1.82, 2.24) is 0 Å². The van der Waals surface area contributed by atoms with Gasteiger partial charge in [-0.1, -0.05) is 105 Å². The first-order valence-electron chi connectivity index (χ1n) is 14.8. The molecule has 0 nitrogen and oxygen atoms in total. The van der Waals surface area contributed by atoms with Crippen LogP contribution in [0.5, 0.6) is 0 Å². The number of hydrogen-bond donors (Lipinski definition) is 0. The monoisotopic (exact) mass is 694 g/mol. The molecule has 236 valence electrons. The molecule has 1 unspecified atom stereocenters. The van der Waals surface area contributed by atoms with Crippen molar-refractivity contribution >= 4 is 29.0 Å². The van der Waals surface area contributed by atoms with Crippen LogP contribution in [0.4, 0.5) is 0 Å². The molecule has 0 amide bonds. The van der Waals surface area contributed by atoms with Crippen LogP contribution in [0.3, 0.4) is 0 Å². The van der Waals surface area contributed by atoms with Gasteiger partial charge in [-0.05, 0) is 28.4 Å². The van der Waals surface area contributed by atoms with E-state index in [0.717, 1.165) is 6.42 Å². The van der Waals surface area contributed by atoms with Crippen molar-refractivity contribution in [2.24, 2.45) is 11.8 Å². The molecule has 0 spiro atoms. The largest absolute Gasteiger partial charge is 0.184 e. The molecule has 3 heteroatoms. The molecule has 0 N–H and O–H groups in total. The van der Waals surface area contributed by atoms with Crippen molar-refractivity contribution in [2.75, 3.05) is 0 Å². The zero-order valence-electron chi connectivity index (χ0n) is 28.4. The Morgan fingerprint density at radius 1 is 0.860 bits per heavy atom. The number of hydrogen-bond acceptors (Lipinski definition) is 0. The number of rotatable bonds is 1. The Morgan fingerprint density at radius 3 is 1.79 bits per heavy atom. The number of halogens is 2. The van der Waals surface area contributed by atoms with Crippen LogP contribution in [-0.2, 0) is 41.5 Å². The summed E-state index contributed by atoms with van der Waals surface area (Å²) in [5.74, 6) is 1.20. The molecule has 43 heavy (non-hydrogen) atoms. The van der Waals surface area contributed by atoms with Gasteiger partial charge in [-0.2, -0.15) is 78.7 Å². The average Bonchev–Trinajstić information content (AvgIpc) is 3.49. The summed E-state index contributed by atoms with van der Waals surface area (Å²) >= 11 is 1.30. The fourth-order valence-electron chi connectivity index (χ4n) is 4.86. The third-order valence-corrected chi connectivity index (χ3v) is 7.00. The maximum Gasteiger partial charge on any atom is -0.171 e. The second kappa shape index (κ2) is 20.5. The first-order valence-corrected chi connectivity index (χ1v) is 16.5. The standard InChI is InChI=1S/C21H25.C10H15.C6H5.C2H5.CH2.2ClH.Zr/c1-20(2,3)16-7-9-18-14(12-16)11-15-13-17(21(4,5)6)8-10-19(15)18;1-7(2)10-6-8(3)5-9(10)4;1-2-4-6-5-3-1;1-2;;;;/h7-10,12H,11H2,1-6H3;6-8H,1-4H3;1-5H;1H2,2H3;1H2;2*1H;/q4*-1;;;;. The quantitative estimate of drug-likeness (QED) is 0.174. The third kappa shape index (κ3) is 13.6. The maximum atomic E-state index is 3.67. The van der Waals surface area contributed by atoms with Gasteiger partial charge in [0.25, 0.3) is 0 Å². The average molecular weight is 697 g/mol. The van der Waals surface area contributed by atoms with Crippen LogP contribution in [0.15, 0.2) is 77.9 Å². The molecule has 0 saturated carbocycles. The van der Waals surface area contributed by atoms with E-state index >= 15 is 0 Å². The minimum absolute atomic E-state index is 0. The Labute approximate surface area is 293 Å². The topological polar surface area (TPSA) is 0 Å². The van der Waals surface area contributed by atoms with Crippen LogP contribution in [0, 0.1) is 37.0 Å². The van der Waals surface area contributed by atoms with Gasteiger partial charge in [0, 0.05) is 0 Å². The molecular formula is C40H54Cl2Zr-4. The number of benzene rings is 3. The second-order valence-electron chi connectivity index (χ2n) is 12.7. The predicted molar refractivity (Wildman–Crippen MR) is 193 cm³/mol. The smallest absolute Gasteiger partial charge is 0.171 e. The van der Waals surface area contributed by atoms with Crippen LogP contribution in [0.2, 0.25) is 0 Å². The summed E-state index contributed by atoms with van der Waals surface area (Å²) in [6, 6.07) is 27.7. The molecule has 0 radical (unpaired) electrons. The van der Waals surface area contributed by atoms with E-state index in [1.165, 1.54) is 68.8 Å². The molecule has 3 aromatic carbocycles. The molecule has 5 rings (SSSR count). The van der Waals surface area contributed by atoms with E-state index in [2.05, 4.69) is 135 Å². The van der Waals surface area contributed by atoms with Crippen LogP contribution >= 0.6 is 24.8 Å². The van der Waals surface area contributed by atoms with E-state index in [1.54, 1.807) is 6.92 Å². The zero-order valence-corrected chi connectivity index (χ0v) is 32.5. The van der Waals surface area contributed by atoms with Gasteiger partial charge in [0.05, 0.1) is 0 Å². The van der Waals surface area contributed by atoms with Crippen molar-refractivity contribution in [3.05, 3.63) is 125 Å². The van der Waals surface area contributed by atoms with Crippen LogP contribution in [-0.4, -0.2) is 4.21 Å². The Kier molecular flexibility index (Phi) is 20.8. The molecule has 0 heterocycles. The molecular weight excluding hydrogens is 643 g/mol. The van der Waals surface area contributed by atoms with Crippen molar-refractivity contribution < 1.29 is 24.2 Å². The van der Waals surface area contributed by atoms with Crippen LogP contribution in [0.1, 0.15) is 98.4 Å². The van der Waals surface area contributed by atoms with Crippen molar-refractivity contribution in [1.29, 1.82) is 0 Å². The molecule has 0 bridgehead atoms. The van der Waals surface area contributed by atoms with E-state index in [9.17, 15) is 0 Å². The predicted octanol–water partition coefficient (Wildman–Crippen LogP) is 11.8. The van der Waals surface area contributed by atoms with E-state index in [1.807, 2.05) is 30.3 Å². The van der Waals surface area contributed by atoms with Crippen molar-refractivity contribution in [3.63, 3.8) is 0 Å². The summed E-state index contributed by atoms with van der Waals surface area (Å²) in [5.41, 5.74) is 11.5. The molecule has 0 saturated heterocycles. The van der Waals surface area contributed by atoms with Gasteiger partial charge in [0.15, 0.2) is 0 Å². The van der Waals surface area contributed by atoms with Gasteiger partial charge in [-0.3, -0.25) is 6.08 Å². The summed E-state index contributed by atoms with van der Waals surface area (Å²) in [6.07, 6.45) is 6.70. The van der Waals surface area contributed by atoms with E-state index in [-0.39, 0.29) is 35.6 Å². The van der Waals surface area contributed by atoms with Crippen molar-refractivity contribution in [3.8, 4) is 11.1 Å². The molecule has 2 aliphatic rings. The molecule has 1 atom stereocenters. The van der Waals surface area contributed by atoms with Crippen molar-refractivity contribution in [2.45, 2.75) is 93.4 Å². The molecule has 3 aromatic rings. The van der Waals surface area contributed by atoms with Gasteiger partial charge in [0.2, 0.25) is 0 Å². The summed E-state index contributed by atoms with van der Waals surface area (Å²) in [5, 5.41) is 0. The van der Waals surface area contributed by atoms with E-state index < -0.39 is 0 Å². The Bertz CT molecular complexity index is 1180. The fourth-order valence-corrected chi connectivity index (χ4v) is 4.86. The third-order valence-electron chi connectivity index (χ3n) is 7.00. The van der Waals surface area contributed by atoms with Crippen LogP contribution in [0.25, 0.3) is 11.1 Å². The summed E-state index contributed by atoms with van der Waals surface area (Å²) in [6.45, 7) is 27.4. The van der Waals surface area contributed by atoms with Gasteiger partial charge in [-0.25, -0.2) is 5.57 Å². The Morgan fingerprint density at radius 2 is 1.42 bits per heavy atom. The normalized spacial score (nSPS) is 14.0. The van der Waals surface area contributed by atoms with Crippen LogP contribution < -0.4 is 0 Å². The first-order chi connectivity index (χ1) is 19.3. The Balaban J connectivity index is 0. The maximum absolute atomic E-state index is 3.67. The van der Waals surface area contributed by atoms with E-state index in [4.69, 9.17) is 0 Å². The minimum atomic E-state index is 0. The number of fused-ring (bicyclic) bond motifs is 3. The SMILES string of the molecule is CC(C)(C)c1[c-]c2c(cc1)-c1ccc(C(C)(C)C)cc1C2.CC1=[C-]C(C)C=C1C(C)C.Cl.Cl.[CH2-]C.[CH2]=[Zr].[c-]1ccccc1. The fraction of sp³-hybridized carbons (Fsp3) is 0.400. The van der Waals surface area contributed by atoms with Gasteiger partial charge in [-0.15, -0.1) is 35.9 Å². The van der Waals surface area contributed by atoms with E-state index in [0.29, 0.717) is 11.8 Å².